The van der Waals surface area contributed by atoms with Gasteiger partial charge in [-0.3, -0.25) is 0 Å². The highest BCUT2D eigenvalue weighted by atomic mass is 16.5. The van der Waals surface area contributed by atoms with Gasteiger partial charge >= 0.3 is 0 Å². The Hall–Kier alpha value is -0.160. The fraction of sp³-hybridized carbons (Fsp3) is 1.00. The second kappa shape index (κ2) is 9.78. The van der Waals surface area contributed by atoms with Gasteiger partial charge in [-0.05, 0) is 52.6 Å². The van der Waals surface area contributed by atoms with Crippen LogP contribution in [-0.4, -0.2) is 60.5 Å². The zero-order chi connectivity index (χ0) is 15.7. The summed E-state index contributed by atoms with van der Waals surface area (Å²) in [4.78, 5) is 2.54. The van der Waals surface area contributed by atoms with Gasteiger partial charge in [0.2, 0.25) is 0 Å². The molecule has 1 saturated heterocycles. The van der Waals surface area contributed by atoms with E-state index < -0.39 is 0 Å². The van der Waals surface area contributed by atoms with Crippen LogP contribution in [-0.2, 0) is 4.74 Å². The predicted octanol–water partition coefficient (Wildman–Crippen LogP) is 2.41. The molecule has 21 heavy (non-hydrogen) atoms. The zero-order valence-corrected chi connectivity index (χ0v) is 14.5. The monoisotopic (exact) mass is 300 g/mol. The molecule has 0 amide bonds. The van der Waals surface area contributed by atoms with Crippen LogP contribution in [0.1, 0.15) is 59.8 Å². The maximum absolute atomic E-state index is 9.59. The molecule has 1 fully saturated rings. The summed E-state index contributed by atoms with van der Waals surface area (Å²) in [5.74, 6) is 0. The minimum absolute atomic E-state index is 0.135. The van der Waals surface area contributed by atoms with Crippen LogP contribution in [0.15, 0.2) is 0 Å². The maximum atomic E-state index is 9.59. The second-order valence-corrected chi connectivity index (χ2v) is 7.00. The number of nitrogens with one attached hydrogen (secondary N) is 1. The molecule has 126 valence electrons. The first-order valence-electron chi connectivity index (χ1n) is 8.71. The van der Waals surface area contributed by atoms with E-state index in [0.717, 1.165) is 32.5 Å². The van der Waals surface area contributed by atoms with Crippen LogP contribution >= 0.6 is 0 Å². The number of rotatable bonds is 10. The Kier molecular flexibility index (Phi) is 8.79. The lowest BCUT2D eigenvalue weighted by Gasteiger charge is -2.33. The Morgan fingerprint density at radius 1 is 1.38 bits per heavy atom. The molecule has 1 aliphatic heterocycles. The molecule has 1 heterocycles. The van der Waals surface area contributed by atoms with Gasteiger partial charge in [0, 0.05) is 24.7 Å². The van der Waals surface area contributed by atoms with Gasteiger partial charge in [0.05, 0.1) is 12.7 Å². The third-order valence-electron chi connectivity index (χ3n) is 4.30. The van der Waals surface area contributed by atoms with E-state index >= 15 is 0 Å². The summed E-state index contributed by atoms with van der Waals surface area (Å²) in [6.45, 7) is 13.0. The average Bonchev–Trinajstić information content (AvgIpc) is 2.44. The number of unbranched alkanes of at least 4 members (excludes halogenated alkanes) is 1. The van der Waals surface area contributed by atoms with Crippen molar-refractivity contribution in [3.05, 3.63) is 0 Å². The number of ether oxygens (including phenoxy) is 1. The number of nitrogens with zero attached hydrogens (tertiary/aromatic N) is 1. The van der Waals surface area contributed by atoms with E-state index in [2.05, 4.69) is 37.9 Å². The average molecular weight is 300 g/mol. The van der Waals surface area contributed by atoms with E-state index in [1.165, 1.54) is 25.8 Å². The Labute approximate surface area is 131 Å². The molecule has 0 aromatic carbocycles. The van der Waals surface area contributed by atoms with Crippen LogP contribution in [0.3, 0.4) is 0 Å². The molecule has 2 N–H and O–H groups in total. The van der Waals surface area contributed by atoms with Crippen molar-refractivity contribution in [2.75, 3.05) is 32.8 Å². The minimum Gasteiger partial charge on any atom is -0.394 e. The van der Waals surface area contributed by atoms with Crippen LogP contribution in [0.5, 0.6) is 0 Å². The molecule has 0 aromatic heterocycles. The van der Waals surface area contributed by atoms with Crippen LogP contribution in [0.4, 0.5) is 0 Å². The molecule has 0 bridgehead atoms. The number of likely N-dealkylation sites (tertiary alicyclic amines) is 1. The van der Waals surface area contributed by atoms with Crippen molar-refractivity contribution in [2.24, 2.45) is 0 Å². The normalized spacial score (nSPS) is 23.4. The van der Waals surface area contributed by atoms with Crippen molar-refractivity contribution < 1.29 is 9.84 Å². The third kappa shape index (κ3) is 7.59. The molecule has 0 aliphatic carbocycles. The molecule has 0 saturated carbocycles. The van der Waals surface area contributed by atoms with Crippen molar-refractivity contribution in [2.45, 2.75) is 77.5 Å². The zero-order valence-electron chi connectivity index (χ0n) is 14.5. The number of aliphatic hydroxyl groups excluding tert-OH is 1. The van der Waals surface area contributed by atoms with Crippen molar-refractivity contribution >= 4 is 0 Å². The largest absolute Gasteiger partial charge is 0.394 e. The van der Waals surface area contributed by atoms with E-state index in [0.29, 0.717) is 12.1 Å². The van der Waals surface area contributed by atoms with Crippen LogP contribution in [0, 0.1) is 0 Å². The van der Waals surface area contributed by atoms with Crippen LogP contribution in [0.2, 0.25) is 0 Å². The van der Waals surface area contributed by atoms with Gasteiger partial charge in [-0.25, -0.2) is 0 Å². The van der Waals surface area contributed by atoms with Crippen molar-refractivity contribution in [1.29, 1.82) is 0 Å². The standard InChI is InChI=1S/C17H36N2O2/c1-5-21-16-9-8-12-19(13-16)11-7-6-10-17(4,14-20)18-15(2)3/h15-16,18,20H,5-14H2,1-4H3. The van der Waals surface area contributed by atoms with Gasteiger partial charge in [0.25, 0.3) is 0 Å². The summed E-state index contributed by atoms with van der Waals surface area (Å²) in [6.07, 6.45) is 6.30. The fourth-order valence-electron chi connectivity index (χ4n) is 3.33. The topological polar surface area (TPSA) is 44.7 Å². The molecule has 4 nitrogen and oxygen atoms in total. The van der Waals surface area contributed by atoms with Crippen molar-refractivity contribution in [3.8, 4) is 0 Å². The molecule has 0 spiro atoms. The summed E-state index contributed by atoms with van der Waals surface area (Å²) >= 11 is 0. The number of piperidine rings is 1. The second-order valence-electron chi connectivity index (χ2n) is 7.00. The van der Waals surface area contributed by atoms with E-state index in [4.69, 9.17) is 4.74 Å². The summed E-state index contributed by atoms with van der Waals surface area (Å²) in [5, 5.41) is 13.1. The highest BCUT2D eigenvalue weighted by molar-refractivity contribution is 4.84. The number of hydrogen-bond donors (Lipinski definition) is 2. The highest BCUT2D eigenvalue weighted by Crippen LogP contribution is 2.17. The summed E-state index contributed by atoms with van der Waals surface area (Å²) in [5.41, 5.74) is -0.135. The van der Waals surface area contributed by atoms with Gasteiger partial charge in [0.15, 0.2) is 0 Å². The molecule has 4 heteroatoms. The molecule has 1 aliphatic rings. The minimum atomic E-state index is -0.135. The Balaban J connectivity index is 2.20. The smallest absolute Gasteiger partial charge is 0.0702 e. The Bertz CT molecular complexity index is 272. The van der Waals surface area contributed by atoms with Crippen LogP contribution in [0.25, 0.3) is 0 Å². The van der Waals surface area contributed by atoms with E-state index in [1.807, 2.05) is 0 Å². The lowest BCUT2D eigenvalue weighted by atomic mass is 9.94. The van der Waals surface area contributed by atoms with Gasteiger partial charge in [-0.15, -0.1) is 0 Å². The van der Waals surface area contributed by atoms with Gasteiger partial charge in [-0.2, -0.15) is 0 Å². The van der Waals surface area contributed by atoms with Crippen molar-refractivity contribution in [1.82, 2.24) is 10.2 Å². The fourth-order valence-corrected chi connectivity index (χ4v) is 3.33. The van der Waals surface area contributed by atoms with Crippen molar-refractivity contribution in [3.63, 3.8) is 0 Å². The summed E-state index contributed by atoms with van der Waals surface area (Å²) in [7, 11) is 0. The highest BCUT2D eigenvalue weighted by Gasteiger charge is 2.24. The quantitative estimate of drug-likeness (QED) is 0.608. The van der Waals surface area contributed by atoms with E-state index in [-0.39, 0.29) is 12.1 Å². The molecule has 0 aromatic rings. The lowest BCUT2D eigenvalue weighted by molar-refractivity contribution is 0.00538. The SMILES string of the molecule is CCOC1CCCN(CCCCC(C)(CO)NC(C)C)C1. The number of hydrogen-bond acceptors (Lipinski definition) is 4. The first-order valence-corrected chi connectivity index (χ1v) is 8.71. The maximum Gasteiger partial charge on any atom is 0.0702 e. The predicted molar refractivity (Wildman–Crippen MR) is 88.7 cm³/mol. The first-order chi connectivity index (χ1) is 9.99. The van der Waals surface area contributed by atoms with Gasteiger partial charge in [-0.1, -0.05) is 20.3 Å². The summed E-state index contributed by atoms with van der Waals surface area (Å²) in [6, 6.07) is 0.413. The molecule has 1 rings (SSSR count). The Morgan fingerprint density at radius 3 is 2.76 bits per heavy atom. The van der Waals surface area contributed by atoms with Gasteiger partial charge < -0.3 is 20.1 Å². The molecule has 0 radical (unpaired) electrons. The lowest BCUT2D eigenvalue weighted by Crippen LogP contribution is -2.49. The molecule has 2 unspecified atom stereocenters. The Morgan fingerprint density at radius 2 is 2.14 bits per heavy atom. The molecule has 2 atom stereocenters. The number of aliphatic hydroxyl groups is 1. The first kappa shape index (κ1) is 18.9. The third-order valence-corrected chi connectivity index (χ3v) is 4.30. The summed E-state index contributed by atoms with van der Waals surface area (Å²) < 4.78 is 5.75. The molecular formula is C17H36N2O2. The molecular weight excluding hydrogens is 264 g/mol. The van der Waals surface area contributed by atoms with E-state index in [9.17, 15) is 5.11 Å². The van der Waals surface area contributed by atoms with Crippen LogP contribution < -0.4 is 5.32 Å². The van der Waals surface area contributed by atoms with E-state index in [1.54, 1.807) is 0 Å². The van der Waals surface area contributed by atoms with Gasteiger partial charge in [0.1, 0.15) is 0 Å².